The summed E-state index contributed by atoms with van der Waals surface area (Å²) in [5.74, 6) is 0.257. The highest BCUT2D eigenvalue weighted by atomic mass is 79.9. The zero-order valence-corrected chi connectivity index (χ0v) is 11.2. The largest absolute Gasteiger partial charge is 0.437 e. The minimum atomic E-state index is -0.505. The molecular weight excluding hydrogens is 301 g/mol. The van der Waals surface area contributed by atoms with Crippen molar-refractivity contribution < 1.29 is 14.2 Å². The summed E-state index contributed by atoms with van der Waals surface area (Å²) in [4.78, 5) is 3.83. The highest BCUT2D eigenvalue weighted by Gasteiger charge is 2.09. The van der Waals surface area contributed by atoms with Crippen LogP contribution < -0.4 is 4.74 Å². The monoisotopic (exact) mass is 311 g/mol. The van der Waals surface area contributed by atoms with Crippen LogP contribution in [0, 0.1) is 12.7 Å². The third kappa shape index (κ3) is 2.86. The molecule has 0 aliphatic heterocycles. The van der Waals surface area contributed by atoms with E-state index in [-0.39, 0.29) is 12.5 Å². The molecule has 0 radical (unpaired) electrons. The topological polar surface area (TPSA) is 42.4 Å². The van der Waals surface area contributed by atoms with Crippen molar-refractivity contribution in [1.29, 1.82) is 0 Å². The van der Waals surface area contributed by atoms with Gasteiger partial charge in [-0.25, -0.2) is 9.37 Å². The lowest BCUT2D eigenvalue weighted by Gasteiger charge is -2.10. The number of nitrogens with zero attached hydrogens (tertiary/aromatic N) is 1. The van der Waals surface area contributed by atoms with Crippen LogP contribution in [0.3, 0.4) is 0 Å². The molecule has 3 nitrogen and oxygen atoms in total. The summed E-state index contributed by atoms with van der Waals surface area (Å²) in [5.41, 5.74) is 1.39. The van der Waals surface area contributed by atoms with Crippen molar-refractivity contribution in [2.45, 2.75) is 13.5 Å². The molecule has 2 rings (SSSR count). The Morgan fingerprint density at radius 3 is 2.83 bits per heavy atom. The Kier molecular flexibility index (Phi) is 3.93. The van der Waals surface area contributed by atoms with Crippen LogP contribution in [0.1, 0.15) is 11.1 Å². The van der Waals surface area contributed by atoms with Crippen molar-refractivity contribution in [3.63, 3.8) is 0 Å². The molecule has 0 unspecified atom stereocenters. The molecule has 18 heavy (non-hydrogen) atoms. The molecule has 94 valence electrons. The van der Waals surface area contributed by atoms with Crippen molar-refractivity contribution in [1.82, 2.24) is 4.98 Å². The summed E-state index contributed by atoms with van der Waals surface area (Å²) in [5, 5.41) is 9.14. The van der Waals surface area contributed by atoms with Gasteiger partial charge in [0.15, 0.2) is 0 Å². The van der Waals surface area contributed by atoms with Crippen LogP contribution in [-0.2, 0) is 6.61 Å². The maximum atomic E-state index is 13.0. The fraction of sp³-hybridized carbons (Fsp3) is 0.154. The smallest absolute Gasteiger partial charge is 0.224 e. The molecule has 0 spiro atoms. The molecule has 0 fully saturated rings. The molecule has 1 N–H and O–H groups in total. The zero-order valence-electron chi connectivity index (χ0n) is 9.65. The third-order valence-corrected chi connectivity index (χ3v) is 2.98. The van der Waals surface area contributed by atoms with E-state index in [4.69, 9.17) is 9.84 Å². The van der Waals surface area contributed by atoms with Gasteiger partial charge in [-0.1, -0.05) is 6.07 Å². The van der Waals surface area contributed by atoms with E-state index in [2.05, 4.69) is 20.9 Å². The third-order valence-electron chi connectivity index (χ3n) is 2.36. The fourth-order valence-electron chi connectivity index (χ4n) is 1.47. The highest BCUT2D eigenvalue weighted by molar-refractivity contribution is 9.10. The van der Waals surface area contributed by atoms with E-state index in [0.717, 1.165) is 16.2 Å². The molecule has 0 atom stereocenters. The highest BCUT2D eigenvalue weighted by Crippen LogP contribution is 2.31. The maximum absolute atomic E-state index is 13.0. The second-order valence-corrected chi connectivity index (χ2v) is 4.67. The average Bonchev–Trinajstić information content (AvgIpc) is 2.34. The second kappa shape index (κ2) is 5.46. The Balaban J connectivity index is 2.33. The summed E-state index contributed by atoms with van der Waals surface area (Å²) < 4.78 is 19.3. The van der Waals surface area contributed by atoms with Crippen LogP contribution in [0.25, 0.3) is 0 Å². The van der Waals surface area contributed by atoms with E-state index in [1.165, 1.54) is 6.07 Å². The number of ether oxygens (including phenoxy) is 1. The van der Waals surface area contributed by atoms with Crippen molar-refractivity contribution in [3.05, 3.63) is 51.9 Å². The van der Waals surface area contributed by atoms with Gasteiger partial charge in [0.05, 0.1) is 17.3 Å². The normalized spacial score (nSPS) is 10.4. The van der Waals surface area contributed by atoms with Crippen molar-refractivity contribution in [2.75, 3.05) is 0 Å². The molecule has 0 bridgehead atoms. The Morgan fingerprint density at radius 2 is 2.17 bits per heavy atom. The lowest BCUT2D eigenvalue weighted by molar-refractivity contribution is 0.274. The quantitative estimate of drug-likeness (QED) is 0.942. The molecule has 0 aliphatic rings. The number of aryl methyl sites for hydroxylation is 1. The zero-order chi connectivity index (χ0) is 13.1. The predicted octanol–water partition coefficient (Wildman–Crippen LogP) is 3.58. The van der Waals surface area contributed by atoms with Gasteiger partial charge in [0.2, 0.25) is 5.88 Å². The van der Waals surface area contributed by atoms with Crippen LogP contribution in [0.2, 0.25) is 0 Å². The van der Waals surface area contributed by atoms with Crippen LogP contribution in [-0.4, -0.2) is 10.1 Å². The van der Waals surface area contributed by atoms with Crippen molar-refractivity contribution in [2.24, 2.45) is 0 Å². The standard InChI is InChI=1S/C13H11BrFNO2/c1-8-2-3-12(11(14)4-8)18-13-9(7-17)5-10(15)6-16-13/h2-6,17H,7H2,1H3. The van der Waals surface area contributed by atoms with Gasteiger partial charge < -0.3 is 9.84 Å². The first-order valence-electron chi connectivity index (χ1n) is 5.29. The number of halogens is 2. The average molecular weight is 312 g/mol. The van der Waals surface area contributed by atoms with Crippen LogP contribution in [0.15, 0.2) is 34.9 Å². The van der Waals surface area contributed by atoms with Crippen molar-refractivity contribution >= 4 is 15.9 Å². The maximum Gasteiger partial charge on any atom is 0.224 e. The van der Waals surface area contributed by atoms with E-state index in [9.17, 15) is 4.39 Å². The molecule has 1 heterocycles. The Labute approximate surface area is 112 Å². The lowest BCUT2D eigenvalue weighted by Crippen LogP contribution is -1.96. The molecule has 0 aliphatic carbocycles. The number of aliphatic hydroxyl groups excluding tert-OH is 1. The summed E-state index contributed by atoms with van der Waals surface area (Å²) >= 11 is 3.38. The van der Waals surface area contributed by atoms with E-state index < -0.39 is 5.82 Å². The number of hydrogen-bond donors (Lipinski definition) is 1. The predicted molar refractivity (Wildman–Crippen MR) is 69.1 cm³/mol. The first kappa shape index (κ1) is 13.0. The summed E-state index contributed by atoms with van der Waals surface area (Å²) in [6.45, 7) is 1.63. The minimum Gasteiger partial charge on any atom is -0.437 e. The Morgan fingerprint density at radius 1 is 1.39 bits per heavy atom. The van der Waals surface area contributed by atoms with Gasteiger partial charge in [0, 0.05) is 5.56 Å². The number of aromatic nitrogens is 1. The number of rotatable bonds is 3. The van der Waals surface area contributed by atoms with Gasteiger partial charge in [-0.3, -0.25) is 0 Å². The molecule has 1 aromatic heterocycles. The van der Waals surface area contributed by atoms with E-state index in [0.29, 0.717) is 11.3 Å². The van der Waals surface area contributed by atoms with Gasteiger partial charge in [-0.15, -0.1) is 0 Å². The molecule has 2 aromatic rings. The van der Waals surface area contributed by atoms with Crippen LogP contribution in [0.5, 0.6) is 11.6 Å². The van der Waals surface area contributed by atoms with E-state index in [1.54, 1.807) is 6.07 Å². The Hall–Kier alpha value is -1.46. The second-order valence-electron chi connectivity index (χ2n) is 3.81. The number of benzene rings is 1. The SMILES string of the molecule is Cc1ccc(Oc2ncc(F)cc2CO)c(Br)c1. The first-order valence-corrected chi connectivity index (χ1v) is 6.08. The number of pyridine rings is 1. The van der Waals surface area contributed by atoms with Crippen LogP contribution in [0.4, 0.5) is 4.39 Å². The van der Waals surface area contributed by atoms with E-state index in [1.807, 2.05) is 19.1 Å². The first-order chi connectivity index (χ1) is 8.60. The minimum absolute atomic E-state index is 0.198. The number of aliphatic hydroxyl groups is 1. The summed E-state index contributed by atoms with van der Waals surface area (Å²) in [6, 6.07) is 6.77. The summed E-state index contributed by atoms with van der Waals surface area (Å²) in [7, 11) is 0. The van der Waals surface area contributed by atoms with Crippen molar-refractivity contribution in [3.8, 4) is 11.6 Å². The summed E-state index contributed by atoms with van der Waals surface area (Å²) in [6.07, 6.45) is 1.05. The fourth-order valence-corrected chi connectivity index (χ4v) is 2.04. The van der Waals surface area contributed by atoms with Gasteiger partial charge >= 0.3 is 0 Å². The number of hydrogen-bond acceptors (Lipinski definition) is 3. The lowest BCUT2D eigenvalue weighted by atomic mass is 10.2. The van der Waals surface area contributed by atoms with Gasteiger partial charge in [-0.05, 0) is 46.6 Å². The van der Waals surface area contributed by atoms with Crippen LogP contribution >= 0.6 is 15.9 Å². The molecule has 0 saturated heterocycles. The molecule has 0 amide bonds. The van der Waals surface area contributed by atoms with Gasteiger partial charge in [0.1, 0.15) is 11.6 Å². The van der Waals surface area contributed by atoms with E-state index >= 15 is 0 Å². The molecule has 1 aromatic carbocycles. The molecule has 0 saturated carbocycles. The Bertz CT molecular complexity index is 575. The van der Waals surface area contributed by atoms with Gasteiger partial charge in [-0.2, -0.15) is 0 Å². The molecule has 5 heteroatoms. The molecular formula is C13H11BrFNO2. The van der Waals surface area contributed by atoms with Gasteiger partial charge in [0.25, 0.3) is 0 Å².